The van der Waals surface area contributed by atoms with Crippen LogP contribution in [0.1, 0.15) is 26.0 Å². The van der Waals surface area contributed by atoms with Crippen LogP contribution in [0.4, 0.5) is 5.82 Å². The molecule has 1 N–H and O–H groups in total. The Kier molecular flexibility index (Phi) is 2.77. The second-order valence-electron chi connectivity index (χ2n) is 6.27. The summed E-state index contributed by atoms with van der Waals surface area (Å²) in [5.41, 5.74) is 1.30. The Morgan fingerprint density at radius 3 is 3.00 bits per heavy atom. The van der Waals surface area contributed by atoms with E-state index in [-0.39, 0.29) is 5.41 Å². The van der Waals surface area contributed by atoms with Crippen LogP contribution in [0.3, 0.4) is 0 Å². The molecule has 2 atom stereocenters. The first-order valence-electron chi connectivity index (χ1n) is 6.80. The van der Waals surface area contributed by atoms with E-state index in [0.717, 1.165) is 31.0 Å². The summed E-state index contributed by atoms with van der Waals surface area (Å²) in [6.45, 7) is 6.71. The van der Waals surface area contributed by atoms with Crippen molar-refractivity contribution in [2.45, 2.75) is 26.7 Å². The SMILES string of the molecule is CC(C)Cc1cc(N2CC3CC3(CO)C2)ncn1. The molecule has 4 heteroatoms. The van der Waals surface area contributed by atoms with Gasteiger partial charge in [-0.2, -0.15) is 0 Å². The van der Waals surface area contributed by atoms with E-state index in [1.165, 1.54) is 6.42 Å². The van der Waals surface area contributed by atoms with Gasteiger partial charge in [-0.3, -0.25) is 0 Å². The summed E-state index contributed by atoms with van der Waals surface area (Å²) in [7, 11) is 0. The number of hydrogen-bond acceptors (Lipinski definition) is 4. The highest BCUT2D eigenvalue weighted by Gasteiger charge is 2.59. The number of anilines is 1. The number of aliphatic hydroxyl groups excluding tert-OH is 1. The Morgan fingerprint density at radius 2 is 2.33 bits per heavy atom. The van der Waals surface area contributed by atoms with Crippen LogP contribution in [-0.2, 0) is 6.42 Å². The highest BCUT2D eigenvalue weighted by atomic mass is 16.3. The minimum atomic E-state index is 0.184. The topological polar surface area (TPSA) is 49.2 Å². The van der Waals surface area contributed by atoms with E-state index in [2.05, 4.69) is 34.8 Å². The third kappa shape index (κ3) is 1.99. The minimum absolute atomic E-state index is 0.184. The molecule has 4 nitrogen and oxygen atoms in total. The normalized spacial score (nSPS) is 29.8. The molecule has 2 heterocycles. The van der Waals surface area contributed by atoms with E-state index in [4.69, 9.17) is 0 Å². The number of nitrogens with zero attached hydrogens (tertiary/aromatic N) is 3. The monoisotopic (exact) mass is 247 g/mol. The highest BCUT2D eigenvalue weighted by molar-refractivity contribution is 5.43. The fourth-order valence-electron chi connectivity index (χ4n) is 3.10. The maximum Gasteiger partial charge on any atom is 0.132 e. The number of aliphatic hydroxyl groups is 1. The zero-order valence-electron chi connectivity index (χ0n) is 11.1. The van der Waals surface area contributed by atoms with Crippen LogP contribution < -0.4 is 4.90 Å². The molecule has 1 saturated heterocycles. The van der Waals surface area contributed by atoms with Crippen LogP contribution in [0.15, 0.2) is 12.4 Å². The number of rotatable bonds is 4. The van der Waals surface area contributed by atoms with Crippen molar-refractivity contribution in [1.29, 1.82) is 0 Å². The number of aromatic nitrogens is 2. The van der Waals surface area contributed by atoms with E-state index in [1.807, 2.05) is 0 Å². The van der Waals surface area contributed by atoms with Crippen molar-refractivity contribution in [3.05, 3.63) is 18.1 Å². The summed E-state index contributed by atoms with van der Waals surface area (Å²) in [5, 5.41) is 9.45. The second-order valence-corrected chi connectivity index (χ2v) is 6.27. The lowest BCUT2D eigenvalue weighted by Crippen LogP contribution is -2.27. The molecule has 1 aliphatic carbocycles. The molecule has 1 saturated carbocycles. The Bertz CT molecular complexity index is 444. The van der Waals surface area contributed by atoms with E-state index in [9.17, 15) is 5.11 Å². The fourth-order valence-corrected chi connectivity index (χ4v) is 3.10. The molecule has 0 aromatic carbocycles. The molecule has 2 aliphatic rings. The van der Waals surface area contributed by atoms with Crippen molar-refractivity contribution in [2.24, 2.45) is 17.3 Å². The molecule has 3 rings (SSSR count). The second kappa shape index (κ2) is 4.19. The first-order chi connectivity index (χ1) is 8.63. The van der Waals surface area contributed by atoms with Crippen molar-refractivity contribution < 1.29 is 5.11 Å². The summed E-state index contributed by atoms with van der Waals surface area (Å²) in [6.07, 6.45) is 3.85. The maximum atomic E-state index is 9.45. The molecule has 2 fully saturated rings. The Hall–Kier alpha value is -1.16. The van der Waals surface area contributed by atoms with Crippen molar-refractivity contribution in [1.82, 2.24) is 9.97 Å². The van der Waals surface area contributed by atoms with Gasteiger partial charge in [0.1, 0.15) is 12.1 Å². The van der Waals surface area contributed by atoms with Crippen LogP contribution in [0.25, 0.3) is 0 Å². The standard InChI is InChI=1S/C14H21N3O/c1-10(2)3-12-4-13(16-9-15-12)17-6-11-5-14(11,7-17)8-18/h4,9-11,18H,3,5-8H2,1-2H3. The Labute approximate surface area is 108 Å². The summed E-state index contributed by atoms with van der Waals surface area (Å²) >= 11 is 0. The molecule has 2 unspecified atom stereocenters. The van der Waals surface area contributed by atoms with Gasteiger partial charge in [0.05, 0.1) is 6.61 Å². The molecule has 0 bridgehead atoms. The molecule has 1 aliphatic heterocycles. The van der Waals surface area contributed by atoms with Crippen molar-refractivity contribution in [2.75, 3.05) is 24.6 Å². The summed E-state index contributed by atoms with van der Waals surface area (Å²) < 4.78 is 0. The van der Waals surface area contributed by atoms with Gasteiger partial charge in [-0.1, -0.05) is 13.8 Å². The Balaban J connectivity index is 1.73. The van der Waals surface area contributed by atoms with E-state index < -0.39 is 0 Å². The number of piperidine rings is 1. The zero-order valence-corrected chi connectivity index (χ0v) is 11.1. The summed E-state index contributed by atoms with van der Waals surface area (Å²) in [5.74, 6) is 2.32. The largest absolute Gasteiger partial charge is 0.396 e. The smallest absolute Gasteiger partial charge is 0.132 e. The lowest BCUT2D eigenvalue weighted by molar-refractivity contribution is 0.216. The summed E-state index contributed by atoms with van der Waals surface area (Å²) in [6, 6.07) is 2.11. The van der Waals surface area contributed by atoms with Crippen molar-refractivity contribution in [3.8, 4) is 0 Å². The van der Waals surface area contributed by atoms with Gasteiger partial charge in [0, 0.05) is 30.3 Å². The third-order valence-electron chi connectivity index (χ3n) is 4.27. The molecule has 98 valence electrons. The molecule has 18 heavy (non-hydrogen) atoms. The first-order valence-corrected chi connectivity index (χ1v) is 6.80. The quantitative estimate of drug-likeness (QED) is 0.876. The molecule has 0 radical (unpaired) electrons. The van der Waals surface area contributed by atoms with Gasteiger partial charge >= 0.3 is 0 Å². The number of fused-ring (bicyclic) bond motifs is 1. The fraction of sp³-hybridized carbons (Fsp3) is 0.714. The molecule has 0 amide bonds. The van der Waals surface area contributed by atoms with Gasteiger partial charge in [0.25, 0.3) is 0 Å². The van der Waals surface area contributed by atoms with Gasteiger partial charge in [0.2, 0.25) is 0 Å². The lowest BCUT2D eigenvalue weighted by atomic mass is 10.1. The van der Waals surface area contributed by atoms with Crippen LogP contribution >= 0.6 is 0 Å². The van der Waals surface area contributed by atoms with Gasteiger partial charge in [0.15, 0.2) is 0 Å². The number of hydrogen-bond donors (Lipinski definition) is 1. The molecule has 0 spiro atoms. The minimum Gasteiger partial charge on any atom is -0.396 e. The van der Waals surface area contributed by atoms with Crippen LogP contribution in [0.5, 0.6) is 0 Å². The van der Waals surface area contributed by atoms with Gasteiger partial charge in [-0.05, 0) is 24.7 Å². The molecular weight excluding hydrogens is 226 g/mol. The van der Waals surface area contributed by atoms with E-state index in [0.29, 0.717) is 18.4 Å². The van der Waals surface area contributed by atoms with E-state index in [1.54, 1.807) is 6.33 Å². The average molecular weight is 247 g/mol. The highest BCUT2D eigenvalue weighted by Crippen LogP contribution is 2.57. The first kappa shape index (κ1) is 11.9. The lowest BCUT2D eigenvalue weighted by Gasteiger charge is -2.21. The van der Waals surface area contributed by atoms with Crippen molar-refractivity contribution in [3.63, 3.8) is 0 Å². The molecule has 1 aromatic heterocycles. The van der Waals surface area contributed by atoms with Gasteiger partial charge < -0.3 is 10.0 Å². The third-order valence-corrected chi connectivity index (χ3v) is 4.27. The molecular formula is C14H21N3O. The van der Waals surface area contributed by atoms with Crippen LogP contribution in [-0.4, -0.2) is 34.8 Å². The predicted molar refractivity (Wildman–Crippen MR) is 70.4 cm³/mol. The zero-order chi connectivity index (χ0) is 12.8. The molecule has 1 aromatic rings. The Morgan fingerprint density at radius 1 is 1.50 bits per heavy atom. The average Bonchev–Trinajstić information content (AvgIpc) is 2.91. The van der Waals surface area contributed by atoms with Gasteiger partial charge in [-0.25, -0.2) is 9.97 Å². The summed E-state index contributed by atoms with van der Waals surface area (Å²) in [4.78, 5) is 11.0. The van der Waals surface area contributed by atoms with Crippen LogP contribution in [0.2, 0.25) is 0 Å². The van der Waals surface area contributed by atoms with Crippen LogP contribution in [0, 0.1) is 17.3 Å². The van der Waals surface area contributed by atoms with Crippen molar-refractivity contribution >= 4 is 5.82 Å². The van der Waals surface area contributed by atoms with E-state index >= 15 is 0 Å². The predicted octanol–water partition coefficient (Wildman–Crippen LogP) is 1.49. The maximum absolute atomic E-state index is 9.45. The van der Waals surface area contributed by atoms with Gasteiger partial charge in [-0.15, -0.1) is 0 Å².